The third-order valence-corrected chi connectivity index (χ3v) is 3.91. The Morgan fingerprint density at radius 1 is 1.40 bits per heavy atom. The molecule has 1 unspecified atom stereocenters. The van der Waals surface area contributed by atoms with Crippen molar-refractivity contribution in [3.63, 3.8) is 0 Å². The quantitative estimate of drug-likeness (QED) is 0.812. The van der Waals surface area contributed by atoms with Crippen LogP contribution >= 0.6 is 11.6 Å². The van der Waals surface area contributed by atoms with E-state index in [1.165, 1.54) is 6.07 Å². The highest BCUT2D eigenvalue weighted by atomic mass is 35.5. The van der Waals surface area contributed by atoms with E-state index in [1.54, 1.807) is 0 Å². The van der Waals surface area contributed by atoms with E-state index in [0.717, 1.165) is 25.5 Å². The van der Waals surface area contributed by atoms with Gasteiger partial charge in [0, 0.05) is 25.1 Å². The third kappa shape index (κ3) is 2.52. The summed E-state index contributed by atoms with van der Waals surface area (Å²) in [5.74, 6) is -0.183. The summed E-state index contributed by atoms with van der Waals surface area (Å²) in [6.45, 7) is 2.08. The van der Waals surface area contributed by atoms with Crippen molar-refractivity contribution in [2.24, 2.45) is 5.92 Å². The van der Waals surface area contributed by atoms with Crippen LogP contribution in [0, 0.1) is 17.6 Å². The van der Waals surface area contributed by atoms with Crippen LogP contribution in [0.1, 0.15) is 18.7 Å². The standard InChI is InChI=1S/C14H15ClF2N2O/c15-6-13-18-14-11(17)4-10(16)5-12(14)19(13)7-9-2-1-3-20-8-9/h4-5,9H,1-3,6-8H2. The van der Waals surface area contributed by atoms with Crippen LogP contribution in [-0.2, 0) is 17.2 Å². The average Bonchev–Trinajstić information content (AvgIpc) is 2.78. The van der Waals surface area contributed by atoms with Gasteiger partial charge in [-0.25, -0.2) is 13.8 Å². The molecule has 1 saturated heterocycles. The zero-order valence-electron chi connectivity index (χ0n) is 10.9. The maximum Gasteiger partial charge on any atom is 0.153 e. The van der Waals surface area contributed by atoms with E-state index in [4.69, 9.17) is 16.3 Å². The van der Waals surface area contributed by atoms with Crippen molar-refractivity contribution in [2.45, 2.75) is 25.3 Å². The first-order chi connectivity index (χ1) is 9.69. The van der Waals surface area contributed by atoms with E-state index in [-0.39, 0.29) is 11.4 Å². The van der Waals surface area contributed by atoms with Gasteiger partial charge in [0.2, 0.25) is 0 Å². The number of aromatic nitrogens is 2. The lowest BCUT2D eigenvalue weighted by Gasteiger charge is -2.23. The number of imidazole rings is 1. The van der Waals surface area contributed by atoms with Gasteiger partial charge < -0.3 is 9.30 Å². The molecule has 2 aromatic rings. The second-order valence-electron chi connectivity index (χ2n) is 5.11. The molecule has 0 N–H and O–H groups in total. The van der Waals surface area contributed by atoms with Gasteiger partial charge in [0.15, 0.2) is 5.82 Å². The minimum Gasteiger partial charge on any atom is -0.381 e. The van der Waals surface area contributed by atoms with Crippen LogP contribution in [0.3, 0.4) is 0 Å². The molecule has 3 rings (SSSR count). The molecule has 1 aliphatic rings. The van der Waals surface area contributed by atoms with Gasteiger partial charge in [-0.05, 0) is 18.9 Å². The van der Waals surface area contributed by atoms with Crippen molar-refractivity contribution < 1.29 is 13.5 Å². The Morgan fingerprint density at radius 3 is 2.95 bits per heavy atom. The predicted molar refractivity (Wildman–Crippen MR) is 72.7 cm³/mol. The molecule has 0 radical (unpaired) electrons. The molecular weight excluding hydrogens is 286 g/mol. The van der Waals surface area contributed by atoms with E-state index in [2.05, 4.69) is 4.98 Å². The lowest BCUT2D eigenvalue weighted by Crippen LogP contribution is -2.22. The van der Waals surface area contributed by atoms with Crippen LogP contribution in [0.5, 0.6) is 0 Å². The summed E-state index contributed by atoms with van der Waals surface area (Å²) in [5, 5.41) is 0. The van der Waals surface area contributed by atoms with Gasteiger partial charge in [0.1, 0.15) is 17.2 Å². The molecule has 1 atom stereocenters. The number of hydrogen-bond acceptors (Lipinski definition) is 2. The zero-order chi connectivity index (χ0) is 14.1. The lowest BCUT2D eigenvalue weighted by atomic mass is 10.0. The number of nitrogens with zero attached hydrogens (tertiary/aromatic N) is 2. The molecule has 1 aromatic heterocycles. The summed E-state index contributed by atoms with van der Waals surface area (Å²) in [7, 11) is 0. The Balaban J connectivity index is 2.02. The van der Waals surface area contributed by atoms with Gasteiger partial charge in [-0.3, -0.25) is 0 Å². The van der Waals surface area contributed by atoms with Crippen LogP contribution in [0.25, 0.3) is 11.0 Å². The van der Waals surface area contributed by atoms with Crippen molar-refractivity contribution in [1.82, 2.24) is 9.55 Å². The fourth-order valence-corrected chi connectivity index (χ4v) is 2.92. The van der Waals surface area contributed by atoms with Crippen molar-refractivity contribution in [3.05, 3.63) is 29.6 Å². The smallest absolute Gasteiger partial charge is 0.153 e. The second kappa shape index (κ2) is 5.66. The number of hydrogen-bond donors (Lipinski definition) is 0. The maximum atomic E-state index is 13.8. The largest absolute Gasteiger partial charge is 0.381 e. The summed E-state index contributed by atoms with van der Waals surface area (Å²) in [5.41, 5.74) is 0.641. The van der Waals surface area contributed by atoms with Crippen molar-refractivity contribution in [3.8, 4) is 0 Å². The van der Waals surface area contributed by atoms with Gasteiger partial charge in [0.25, 0.3) is 0 Å². The molecule has 0 saturated carbocycles. The first-order valence-corrected chi connectivity index (χ1v) is 7.20. The molecule has 108 valence electrons. The van der Waals surface area contributed by atoms with E-state index in [9.17, 15) is 8.78 Å². The number of ether oxygens (including phenoxy) is 1. The van der Waals surface area contributed by atoms with E-state index in [0.29, 0.717) is 30.4 Å². The molecule has 2 heterocycles. The van der Waals surface area contributed by atoms with E-state index >= 15 is 0 Å². The highest BCUT2D eigenvalue weighted by Gasteiger charge is 2.20. The molecule has 0 bridgehead atoms. The van der Waals surface area contributed by atoms with Gasteiger partial charge in [-0.15, -0.1) is 11.6 Å². The number of halogens is 3. The molecule has 20 heavy (non-hydrogen) atoms. The van der Waals surface area contributed by atoms with Crippen LogP contribution < -0.4 is 0 Å². The average molecular weight is 301 g/mol. The molecule has 6 heteroatoms. The van der Waals surface area contributed by atoms with E-state index < -0.39 is 11.6 Å². The highest BCUT2D eigenvalue weighted by Crippen LogP contribution is 2.25. The van der Waals surface area contributed by atoms with Crippen LogP contribution in [-0.4, -0.2) is 22.8 Å². The molecule has 0 amide bonds. The Bertz CT molecular complexity index is 623. The zero-order valence-corrected chi connectivity index (χ0v) is 11.7. The van der Waals surface area contributed by atoms with Crippen LogP contribution in [0.2, 0.25) is 0 Å². The monoisotopic (exact) mass is 300 g/mol. The fourth-order valence-electron chi connectivity index (χ4n) is 2.71. The lowest BCUT2D eigenvalue weighted by molar-refractivity contribution is 0.0485. The Hall–Kier alpha value is -1.20. The molecular formula is C14H15ClF2N2O. The molecule has 1 fully saturated rings. The van der Waals surface area contributed by atoms with Crippen molar-refractivity contribution in [2.75, 3.05) is 13.2 Å². The molecule has 0 spiro atoms. The summed E-state index contributed by atoms with van der Waals surface area (Å²) in [4.78, 5) is 4.19. The first kappa shape index (κ1) is 13.8. The predicted octanol–water partition coefficient (Wildman–Crippen LogP) is 3.48. The molecule has 1 aromatic carbocycles. The van der Waals surface area contributed by atoms with Gasteiger partial charge in [0.05, 0.1) is 18.0 Å². The summed E-state index contributed by atoms with van der Waals surface area (Å²) in [6, 6.07) is 2.16. The number of alkyl halides is 1. The Labute approximate surface area is 120 Å². The van der Waals surface area contributed by atoms with Gasteiger partial charge >= 0.3 is 0 Å². The SMILES string of the molecule is Fc1cc(F)c2nc(CCl)n(CC3CCCOC3)c2c1. The minimum atomic E-state index is -0.648. The van der Waals surface area contributed by atoms with Crippen LogP contribution in [0.15, 0.2) is 12.1 Å². The number of benzene rings is 1. The van der Waals surface area contributed by atoms with Crippen LogP contribution in [0.4, 0.5) is 8.78 Å². The summed E-state index contributed by atoms with van der Waals surface area (Å²) < 4.78 is 34.5. The topological polar surface area (TPSA) is 27.1 Å². The maximum absolute atomic E-state index is 13.8. The highest BCUT2D eigenvalue weighted by molar-refractivity contribution is 6.16. The molecule has 0 aliphatic carbocycles. The Kier molecular flexibility index (Phi) is 3.89. The van der Waals surface area contributed by atoms with E-state index in [1.807, 2.05) is 4.57 Å². The van der Waals surface area contributed by atoms with Crippen molar-refractivity contribution in [1.29, 1.82) is 0 Å². The first-order valence-electron chi connectivity index (χ1n) is 6.67. The summed E-state index contributed by atoms with van der Waals surface area (Å²) in [6.07, 6.45) is 2.05. The van der Waals surface area contributed by atoms with Crippen molar-refractivity contribution >= 4 is 22.6 Å². The Morgan fingerprint density at radius 2 is 2.25 bits per heavy atom. The van der Waals surface area contributed by atoms with Gasteiger partial charge in [-0.2, -0.15) is 0 Å². The fraction of sp³-hybridized carbons (Fsp3) is 0.500. The molecule has 3 nitrogen and oxygen atoms in total. The third-order valence-electron chi connectivity index (χ3n) is 3.67. The minimum absolute atomic E-state index is 0.170. The van der Waals surface area contributed by atoms with Gasteiger partial charge in [-0.1, -0.05) is 0 Å². The number of rotatable bonds is 3. The second-order valence-corrected chi connectivity index (χ2v) is 5.38. The molecule has 1 aliphatic heterocycles. The normalized spacial score (nSPS) is 19.6. The summed E-state index contributed by atoms with van der Waals surface area (Å²) >= 11 is 5.88. The number of fused-ring (bicyclic) bond motifs is 1.